The summed E-state index contributed by atoms with van der Waals surface area (Å²) in [6, 6.07) is 0.590. The van der Waals surface area contributed by atoms with Gasteiger partial charge in [0, 0.05) is 38.1 Å². The maximum atomic E-state index is 10.1. The lowest BCUT2D eigenvalue weighted by Gasteiger charge is -2.35. The Morgan fingerprint density at radius 1 is 1.20 bits per heavy atom. The minimum atomic E-state index is -0.0154. The van der Waals surface area contributed by atoms with Crippen molar-refractivity contribution >= 4 is 0 Å². The van der Waals surface area contributed by atoms with Crippen LogP contribution in [0.15, 0.2) is 0 Å². The van der Waals surface area contributed by atoms with Crippen LogP contribution in [0.5, 0.6) is 0 Å². The maximum Gasteiger partial charge on any atom is 0.0583 e. The van der Waals surface area contributed by atoms with E-state index in [-0.39, 0.29) is 6.10 Å². The van der Waals surface area contributed by atoms with Gasteiger partial charge in [0.05, 0.1) is 6.10 Å². The summed E-state index contributed by atoms with van der Waals surface area (Å²) in [5, 5.41) is 13.8. The molecule has 0 aromatic rings. The molecular formula is C17H32N2O. The standard InChI is InChI=1S/C17H32N2O/c1-13(2)18-11-17(7-3-4-8-17)12-19-9-14-5-6-16(20)15(14)10-19/h13-16,18,20H,3-12H2,1-2H3. The molecular weight excluding hydrogens is 248 g/mol. The Hall–Kier alpha value is -0.120. The lowest BCUT2D eigenvalue weighted by Crippen LogP contribution is -2.44. The van der Waals surface area contributed by atoms with Crippen molar-refractivity contribution in [2.45, 2.75) is 64.5 Å². The fourth-order valence-corrected chi connectivity index (χ4v) is 4.87. The minimum absolute atomic E-state index is 0.0154. The average Bonchev–Trinajstić information content (AvgIpc) is 3.08. The summed E-state index contributed by atoms with van der Waals surface area (Å²) in [5.41, 5.74) is 0.508. The van der Waals surface area contributed by atoms with Crippen LogP contribution in [0.3, 0.4) is 0 Å². The highest BCUT2D eigenvalue weighted by Crippen LogP contribution is 2.43. The monoisotopic (exact) mass is 280 g/mol. The van der Waals surface area contributed by atoms with E-state index in [2.05, 4.69) is 24.1 Å². The van der Waals surface area contributed by atoms with Crippen LogP contribution < -0.4 is 5.32 Å². The molecule has 0 bridgehead atoms. The summed E-state index contributed by atoms with van der Waals surface area (Å²) in [5.74, 6) is 1.35. The Bertz CT molecular complexity index is 325. The third-order valence-electron chi connectivity index (χ3n) is 6.00. The highest BCUT2D eigenvalue weighted by atomic mass is 16.3. The number of hydrogen-bond donors (Lipinski definition) is 2. The molecule has 3 fully saturated rings. The summed E-state index contributed by atoms with van der Waals surface area (Å²) in [7, 11) is 0. The van der Waals surface area contributed by atoms with Crippen molar-refractivity contribution in [3.8, 4) is 0 Å². The van der Waals surface area contributed by atoms with Gasteiger partial charge in [-0.3, -0.25) is 0 Å². The molecule has 0 amide bonds. The van der Waals surface area contributed by atoms with Crippen LogP contribution in [-0.4, -0.2) is 48.3 Å². The number of nitrogens with one attached hydrogen (secondary N) is 1. The summed E-state index contributed by atoms with van der Waals surface area (Å²) in [4.78, 5) is 2.67. The second-order valence-corrected chi connectivity index (χ2v) is 8.01. The number of hydrogen-bond acceptors (Lipinski definition) is 3. The Morgan fingerprint density at radius 3 is 2.60 bits per heavy atom. The molecule has 1 aliphatic heterocycles. The van der Waals surface area contributed by atoms with Gasteiger partial charge in [0.1, 0.15) is 0 Å². The van der Waals surface area contributed by atoms with E-state index in [0.717, 1.165) is 18.9 Å². The first-order valence-electron chi connectivity index (χ1n) is 8.72. The molecule has 2 aliphatic carbocycles. The fourth-order valence-electron chi connectivity index (χ4n) is 4.87. The number of aliphatic hydroxyl groups excluding tert-OH is 1. The van der Waals surface area contributed by atoms with Crippen LogP contribution in [0.4, 0.5) is 0 Å². The largest absolute Gasteiger partial charge is 0.393 e. The molecule has 2 saturated carbocycles. The van der Waals surface area contributed by atoms with Gasteiger partial charge in [-0.1, -0.05) is 26.7 Å². The summed E-state index contributed by atoms with van der Waals surface area (Å²) in [6.07, 6.45) is 7.87. The quantitative estimate of drug-likeness (QED) is 0.811. The molecule has 3 unspecified atom stereocenters. The van der Waals surface area contributed by atoms with Crippen LogP contribution in [0.25, 0.3) is 0 Å². The maximum absolute atomic E-state index is 10.1. The average molecular weight is 280 g/mol. The van der Waals surface area contributed by atoms with E-state index >= 15 is 0 Å². The molecule has 3 nitrogen and oxygen atoms in total. The van der Waals surface area contributed by atoms with Crippen molar-refractivity contribution in [3.05, 3.63) is 0 Å². The van der Waals surface area contributed by atoms with Gasteiger partial charge in [-0.2, -0.15) is 0 Å². The smallest absolute Gasteiger partial charge is 0.0583 e. The zero-order chi connectivity index (χ0) is 14.2. The topological polar surface area (TPSA) is 35.5 Å². The first kappa shape index (κ1) is 14.8. The van der Waals surface area contributed by atoms with Crippen molar-refractivity contribution in [2.24, 2.45) is 17.3 Å². The molecule has 0 aromatic heterocycles. The first-order valence-corrected chi connectivity index (χ1v) is 8.72. The zero-order valence-corrected chi connectivity index (χ0v) is 13.3. The minimum Gasteiger partial charge on any atom is -0.393 e. The van der Waals surface area contributed by atoms with Crippen molar-refractivity contribution in [1.29, 1.82) is 0 Å². The van der Waals surface area contributed by atoms with Crippen LogP contribution in [-0.2, 0) is 0 Å². The highest BCUT2D eigenvalue weighted by molar-refractivity contribution is 4.97. The molecule has 1 saturated heterocycles. The van der Waals surface area contributed by atoms with Gasteiger partial charge in [-0.05, 0) is 37.0 Å². The Labute approximate surface area is 124 Å². The van der Waals surface area contributed by atoms with E-state index < -0.39 is 0 Å². The van der Waals surface area contributed by atoms with Crippen LogP contribution in [0.1, 0.15) is 52.4 Å². The van der Waals surface area contributed by atoms with E-state index in [1.165, 1.54) is 51.7 Å². The third kappa shape index (κ3) is 3.05. The number of aliphatic hydroxyl groups is 1. The van der Waals surface area contributed by atoms with Crippen molar-refractivity contribution in [2.75, 3.05) is 26.2 Å². The van der Waals surface area contributed by atoms with Gasteiger partial charge in [0.25, 0.3) is 0 Å². The van der Waals surface area contributed by atoms with E-state index in [9.17, 15) is 5.11 Å². The van der Waals surface area contributed by atoms with Gasteiger partial charge < -0.3 is 15.3 Å². The van der Waals surface area contributed by atoms with Crippen LogP contribution >= 0.6 is 0 Å². The fraction of sp³-hybridized carbons (Fsp3) is 1.00. The second kappa shape index (κ2) is 5.94. The van der Waals surface area contributed by atoms with Crippen LogP contribution in [0, 0.1) is 17.3 Å². The summed E-state index contributed by atoms with van der Waals surface area (Å²) < 4.78 is 0. The van der Waals surface area contributed by atoms with Crippen LogP contribution in [0.2, 0.25) is 0 Å². The van der Waals surface area contributed by atoms with Crippen molar-refractivity contribution in [1.82, 2.24) is 10.2 Å². The van der Waals surface area contributed by atoms with E-state index in [0.29, 0.717) is 17.4 Å². The molecule has 2 N–H and O–H groups in total. The molecule has 3 rings (SSSR count). The second-order valence-electron chi connectivity index (χ2n) is 8.01. The molecule has 116 valence electrons. The summed E-state index contributed by atoms with van der Waals surface area (Å²) >= 11 is 0. The van der Waals surface area contributed by atoms with E-state index in [4.69, 9.17) is 0 Å². The normalized spacial score (nSPS) is 36.9. The Morgan fingerprint density at radius 2 is 1.95 bits per heavy atom. The van der Waals surface area contributed by atoms with Crippen molar-refractivity contribution < 1.29 is 5.11 Å². The predicted molar refractivity (Wildman–Crippen MR) is 82.7 cm³/mol. The number of fused-ring (bicyclic) bond motifs is 1. The Balaban J connectivity index is 1.57. The van der Waals surface area contributed by atoms with Crippen molar-refractivity contribution in [3.63, 3.8) is 0 Å². The van der Waals surface area contributed by atoms with Gasteiger partial charge in [0.2, 0.25) is 0 Å². The lowest BCUT2D eigenvalue weighted by molar-refractivity contribution is 0.112. The van der Waals surface area contributed by atoms with Gasteiger partial charge in [0.15, 0.2) is 0 Å². The molecule has 3 aliphatic rings. The molecule has 0 aromatic carbocycles. The highest BCUT2D eigenvalue weighted by Gasteiger charge is 2.44. The van der Waals surface area contributed by atoms with E-state index in [1.54, 1.807) is 0 Å². The number of nitrogens with zero attached hydrogens (tertiary/aromatic N) is 1. The molecule has 0 spiro atoms. The predicted octanol–water partition coefficient (Wildman–Crippen LogP) is 2.25. The molecule has 0 radical (unpaired) electrons. The van der Waals surface area contributed by atoms with Gasteiger partial charge in [-0.25, -0.2) is 0 Å². The first-order chi connectivity index (χ1) is 9.58. The SMILES string of the molecule is CC(C)NCC1(CN2CC3CCC(O)C3C2)CCCC1. The van der Waals surface area contributed by atoms with Gasteiger partial charge >= 0.3 is 0 Å². The zero-order valence-electron chi connectivity index (χ0n) is 13.3. The summed E-state index contributed by atoms with van der Waals surface area (Å²) in [6.45, 7) is 9.32. The number of rotatable bonds is 5. The number of likely N-dealkylation sites (tertiary alicyclic amines) is 1. The molecule has 3 atom stereocenters. The molecule has 20 heavy (non-hydrogen) atoms. The Kier molecular flexibility index (Phi) is 4.40. The van der Waals surface area contributed by atoms with E-state index in [1.807, 2.05) is 0 Å². The lowest BCUT2D eigenvalue weighted by atomic mass is 9.85. The third-order valence-corrected chi connectivity index (χ3v) is 6.00. The van der Waals surface area contributed by atoms with Gasteiger partial charge in [-0.15, -0.1) is 0 Å². The molecule has 3 heteroatoms. The molecule has 1 heterocycles.